The van der Waals surface area contributed by atoms with Crippen molar-refractivity contribution in [3.05, 3.63) is 16.8 Å². The number of nitrogen functional groups attached to an aromatic ring is 1. The van der Waals surface area contributed by atoms with Gasteiger partial charge in [0.25, 0.3) is 0 Å². The Morgan fingerprint density at radius 2 is 1.84 bits per heavy atom. The fourth-order valence-electron chi connectivity index (χ4n) is 1.83. The zero-order valence-corrected chi connectivity index (χ0v) is 12.4. The first kappa shape index (κ1) is 15.4. The molecule has 5 nitrogen and oxygen atoms in total. The maximum atomic E-state index is 7.77. The zero-order valence-electron chi connectivity index (χ0n) is 12.4. The molecule has 0 aliphatic rings. The lowest BCUT2D eigenvalue weighted by Gasteiger charge is -2.20. The van der Waals surface area contributed by atoms with E-state index >= 15 is 0 Å². The Hall–Kier alpha value is -1.65. The molecule has 0 radical (unpaired) electrons. The summed E-state index contributed by atoms with van der Waals surface area (Å²) in [6, 6.07) is 0. The van der Waals surface area contributed by atoms with Gasteiger partial charge in [-0.15, -0.1) is 5.10 Å². The van der Waals surface area contributed by atoms with Gasteiger partial charge in [-0.2, -0.15) is 5.10 Å². The second-order valence-corrected chi connectivity index (χ2v) is 4.99. The minimum Gasteiger partial charge on any atom is -0.473 e. The zero-order chi connectivity index (χ0) is 14.6. The van der Waals surface area contributed by atoms with Crippen LogP contribution in [0.3, 0.4) is 0 Å². The number of ether oxygens (including phenoxy) is 1. The molecule has 1 heterocycles. The van der Waals surface area contributed by atoms with Gasteiger partial charge in [0.2, 0.25) is 5.88 Å². The average Bonchev–Trinajstić information content (AvgIpc) is 2.37. The molecule has 0 aromatic carbocycles. The van der Waals surface area contributed by atoms with Crippen molar-refractivity contribution in [2.24, 2.45) is 11.7 Å². The van der Waals surface area contributed by atoms with Crippen LogP contribution in [-0.4, -0.2) is 22.1 Å². The molecule has 0 spiro atoms. The molecule has 1 rings (SSSR count). The fourth-order valence-corrected chi connectivity index (χ4v) is 1.83. The van der Waals surface area contributed by atoms with Crippen LogP contribution in [0.5, 0.6) is 5.88 Å². The molecule has 0 saturated carbocycles. The standard InChI is InChI=1S/C14H24N4O/c1-6-10-11(7-2)17-18-14(12(10)13(15)16)19-9(5)8(3)4/h8-9H,6-7H2,1-5H3,(H3,15,16). The molecule has 1 atom stereocenters. The largest absolute Gasteiger partial charge is 0.473 e. The molecule has 1 aromatic heterocycles. The summed E-state index contributed by atoms with van der Waals surface area (Å²) in [4.78, 5) is 0. The van der Waals surface area contributed by atoms with Gasteiger partial charge in [0.1, 0.15) is 5.84 Å². The van der Waals surface area contributed by atoms with E-state index in [-0.39, 0.29) is 11.9 Å². The molecule has 3 N–H and O–H groups in total. The Labute approximate surface area is 115 Å². The van der Waals surface area contributed by atoms with Gasteiger partial charge in [0.15, 0.2) is 0 Å². The van der Waals surface area contributed by atoms with Crippen LogP contribution in [0.25, 0.3) is 0 Å². The smallest absolute Gasteiger partial charge is 0.245 e. The van der Waals surface area contributed by atoms with Gasteiger partial charge in [-0.25, -0.2) is 0 Å². The second-order valence-electron chi connectivity index (χ2n) is 4.99. The molecule has 1 aromatic rings. The van der Waals surface area contributed by atoms with Gasteiger partial charge < -0.3 is 10.5 Å². The van der Waals surface area contributed by atoms with Crippen molar-refractivity contribution in [1.82, 2.24) is 10.2 Å². The molecule has 0 aliphatic heterocycles. The molecule has 1 unspecified atom stereocenters. The molecule has 19 heavy (non-hydrogen) atoms. The van der Waals surface area contributed by atoms with Crippen LogP contribution in [0.1, 0.15) is 51.4 Å². The fraction of sp³-hybridized carbons (Fsp3) is 0.643. The molecule has 0 fully saturated rings. The SMILES string of the molecule is CCc1nnc(OC(C)C(C)C)c(C(=N)N)c1CC. The summed E-state index contributed by atoms with van der Waals surface area (Å²) in [7, 11) is 0. The van der Waals surface area contributed by atoms with E-state index in [4.69, 9.17) is 15.9 Å². The highest BCUT2D eigenvalue weighted by Gasteiger charge is 2.20. The average molecular weight is 264 g/mol. The molecule has 0 saturated heterocycles. The Kier molecular flexibility index (Phi) is 5.27. The van der Waals surface area contributed by atoms with E-state index < -0.39 is 0 Å². The van der Waals surface area contributed by atoms with Crippen LogP contribution in [0, 0.1) is 11.3 Å². The highest BCUT2D eigenvalue weighted by molar-refractivity contribution is 5.98. The number of amidine groups is 1. The Morgan fingerprint density at radius 1 is 1.21 bits per heavy atom. The van der Waals surface area contributed by atoms with Gasteiger partial charge in [0, 0.05) is 0 Å². The lowest BCUT2D eigenvalue weighted by molar-refractivity contribution is 0.161. The van der Waals surface area contributed by atoms with Crippen molar-refractivity contribution < 1.29 is 4.74 Å². The highest BCUT2D eigenvalue weighted by atomic mass is 16.5. The number of aromatic nitrogens is 2. The van der Waals surface area contributed by atoms with Crippen molar-refractivity contribution in [1.29, 1.82) is 5.41 Å². The lowest BCUT2D eigenvalue weighted by atomic mass is 10.0. The molecule has 106 valence electrons. The van der Waals surface area contributed by atoms with Crippen LogP contribution in [0.2, 0.25) is 0 Å². The van der Waals surface area contributed by atoms with E-state index in [1.807, 2.05) is 20.8 Å². The van der Waals surface area contributed by atoms with Crippen molar-refractivity contribution in [2.75, 3.05) is 0 Å². The summed E-state index contributed by atoms with van der Waals surface area (Å²) in [5, 5.41) is 16.1. The topological polar surface area (TPSA) is 84.9 Å². The van der Waals surface area contributed by atoms with E-state index in [1.165, 1.54) is 0 Å². The first-order valence-corrected chi connectivity index (χ1v) is 6.81. The van der Waals surface area contributed by atoms with Crippen LogP contribution in [-0.2, 0) is 12.8 Å². The van der Waals surface area contributed by atoms with Crippen LogP contribution in [0.15, 0.2) is 0 Å². The van der Waals surface area contributed by atoms with E-state index in [1.54, 1.807) is 0 Å². The summed E-state index contributed by atoms with van der Waals surface area (Å²) in [5.74, 6) is 0.729. The number of hydrogen-bond acceptors (Lipinski definition) is 4. The quantitative estimate of drug-likeness (QED) is 0.610. The van der Waals surface area contributed by atoms with E-state index in [2.05, 4.69) is 24.0 Å². The number of nitrogens with one attached hydrogen (secondary N) is 1. The predicted octanol–water partition coefficient (Wildman–Crippen LogP) is 2.31. The highest BCUT2D eigenvalue weighted by Crippen LogP contribution is 2.24. The predicted molar refractivity (Wildman–Crippen MR) is 76.7 cm³/mol. The number of aryl methyl sites for hydroxylation is 1. The third kappa shape index (κ3) is 3.43. The minimum absolute atomic E-state index is 0.00424. The minimum atomic E-state index is -0.00703. The van der Waals surface area contributed by atoms with Crippen molar-refractivity contribution in [3.63, 3.8) is 0 Å². The third-order valence-electron chi connectivity index (χ3n) is 3.32. The summed E-state index contributed by atoms with van der Waals surface area (Å²) >= 11 is 0. The van der Waals surface area contributed by atoms with Crippen molar-refractivity contribution in [3.8, 4) is 5.88 Å². The van der Waals surface area contributed by atoms with Crippen molar-refractivity contribution in [2.45, 2.75) is 53.6 Å². The van der Waals surface area contributed by atoms with Gasteiger partial charge in [0.05, 0.1) is 17.4 Å². The summed E-state index contributed by atoms with van der Waals surface area (Å²) in [6.07, 6.45) is 1.54. The van der Waals surface area contributed by atoms with Gasteiger partial charge in [-0.05, 0) is 31.2 Å². The van der Waals surface area contributed by atoms with E-state index in [0.717, 1.165) is 24.1 Å². The molecule has 0 amide bonds. The molecule has 0 bridgehead atoms. The van der Waals surface area contributed by atoms with E-state index in [0.29, 0.717) is 17.4 Å². The third-order valence-corrected chi connectivity index (χ3v) is 3.32. The number of nitrogens with zero attached hydrogens (tertiary/aromatic N) is 2. The van der Waals surface area contributed by atoms with Crippen LogP contribution < -0.4 is 10.5 Å². The molecular weight excluding hydrogens is 240 g/mol. The molecule has 0 aliphatic carbocycles. The monoisotopic (exact) mass is 264 g/mol. The summed E-state index contributed by atoms with van der Waals surface area (Å²) in [6.45, 7) is 10.2. The first-order valence-electron chi connectivity index (χ1n) is 6.81. The molecule has 5 heteroatoms. The second kappa shape index (κ2) is 6.50. The van der Waals surface area contributed by atoms with Crippen LogP contribution in [0.4, 0.5) is 0 Å². The first-order chi connectivity index (χ1) is 8.92. The van der Waals surface area contributed by atoms with E-state index in [9.17, 15) is 0 Å². The lowest BCUT2D eigenvalue weighted by Crippen LogP contribution is -2.24. The Morgan fingerprint density at radius 3 is 2.26 bits per heavy atom. The van der Waals surface area contributed by atoms with Gasteiger partial charge in [-0.3, -0.25) is 5.41 Å². The number of hydrogen-bond donors (Lipinski definition) is 2. The Bertz CT molecular complexity index is 457. The summed E-state index contributed by atoms with van der Waals surface area (Å²) in [5.41, 5.74) is 8.16. The van der Waals surface area contributed by atoms with Crippen molar-refractivity contribution >= 4 is 5.84 Å². The van der Waals surface area contributed by atoms with Gasteiger partial charge in [-0.1, -0.05) is 27.7 Å². The summed E-state index contributed by atoms with van der Waals surface area (Å²) < 4.78 is 5.82. The maximum absolute atomic E-state index is 7.77. The molecular formula is C14H24N4O. The maximum Gasteiger partial charge on any atom is 0.245 e. The number of rotatable bonds is 6. The Balaban J connectivity index is 3.28. The normalized spacial score (nSPS) is 12.5. The number of nitrogens with two attached hydrogens (primary N) is 1. The van der Waals surface area contributed by atoms with Crippen LogP contribution >= 0.6 is 0 Å². The van der Waals surface area contributed by atoms with Gasteiger partial charge >= 0.3 is 0 Å².